The van der Waals surface area contributed by atoms with Gasteiger partial charge in [-0.2, -0.15) is 0 Å². The molecule has 124 valence electrons. The van der Waals surface area contributed by atoms with Crippen LogP contribution in [0.15, 0.2) is 59.7 Å². The third kappa shape index (κ3) is 3.04. The van der Waals surface area contributed by atoms with Gasteiger partial charge in [-0.1, -0.05) is 35.9 Å². The summed E-state index contributed by atoms with van der Waals surface area (Å²) < 4.78 is 15.0. The summed E-state index contributed by atoms with van der Waals surface area (Å²) in [4.78, 5) is 23.9. The lowest BCUT2D eigenvalue weighted by atomic mass is 10.2. The van der Waals surface area contributed by atoms with Gasteiger partial charge < -0.3 is 9.55 Å². The Morgan fingerprint density at radius 1 is 1.16 bits per heavy atom. The third-order valence-corrected chi connectivity index (χ3v) is 4.06. The zero-order chi connectivity index (χ0) is 17.4. The minimum absolute atomic E-state index is 0.311. The van der Waals surface area contributed by atoms with Crippen molar-refractivity contribution in [3.8, 4) is 11.4 Å². The number of H-pyrrole nitrogens is 1. The maximum absolute atomic E-state index is 13.3. The number of hydrogen-bond donors (Lipinski definition) is 1. The summed E-state index contributed by atoms with van der Waals surface area (Å²) >= 11 is 5.99. The van der Waals surface area contributed by atoms with E-state index in [0.29, 0.717) is 34.1 Å². The highest BCUT2D eigenvalue weighted by Gasteiger charge is 2.12. The number of nitrogens with one attached hydrogen (secondary N) is 1. The van der Waals surface area contributed by atoms with E-state index in [-0.39, 0.29) is 11.4 Å². The highest BCUT2D eigenvalue weighted by atomic mass is 35.5. The number of hydrogen-bond acceptors (Lipinski definition) is 3. The third-order valence-electron chi connectivity index (χ3n) is 3.82. The van der Waals surface area contributed by atoms with Gasteiger partial charge in [0.2, 0.25) is 0 Å². The second-order valence-corrected chi connectivity index (χ2v) is 6.04. The SMILES string of the molecule is O=c1[nH]c(-c2cccc(Cl)c2)nc2ncn(Cc3cccc(F)c3)c12. The van der Waals surface area contributed by atoms with Crippen LogP contribution in [0.4, 0.5) is 4.39 Å². The highest BCUT2D eigenvalue weighted by Crippen LogP contribution is 2.20. The number of aromatic amines is 1. The number of aromatic nitrogens is 4. The first kappa shape index (κ1) is 15.5. The van der Waals surface area contributed by atoms with Crippen molar-refractivity contribution in [2.75, 3.05) is 0 Å². The van der Waals surface area contributed by atoms with Gasteiger partial charge in [-0.05, 0) is 29.8 Å². The summed E-state index contributed by atoms with van der Waals surface area (Å²) in [6.07, 6.45) is 1.53. The van der Waals surface area contributed by atoms with Crippen molar-refractivity contribution in [1.29, 1.82) is 0 Å². The molecular formula is C18H12ClFN4O. The summed E-state index contributed by atoms with van der Waals surface area (Å²) in [6.45, 7) is 0.329. The number of imidazole rings is 1. The Hall–Kier alpha value is -2.99. The molecule has 0 saturated carbocycles. The van der Waals surface area contributed by atoms with Crippen molar-refractivity contribution in [3.05, 3.63) is 81.6 Å². The van der Waals surface area contributed by atoms with Gasteiger partial charge in [0.05, 0.1) is 6.33 Å². The van der Waals surface area contributed by atoms with E-state index in [4.69, 9.17) is 11.6 Å². The molecule has 0 aliphatic heterocycles. The average Bonchev–Trinajstić information content (AvgIpc) is 2.98. The molecular weight excluding hydrogens is 343 g/mol. The van der Waals surface area contributed by atoms with E-state index in [0.717, 1.165) is 5.56 Å². The minimum atomic E-state index is -0.322. The van der Waals surface area contributed by atoms with Crippen molar-refractivity contribution < 1.29 is 4.39 Å². The molecule has 7 heteroatoms. The number of halogens is 2. The molecule has 2 heterocycles. The lowest BCUT2D eigenvalue weighted by Gasteiger charge is -2.05. The van der Waals surface area contributed by atoms with Gasteiger partial charge in [0.15, 0.2) is 11.2 Å². The monoisotopic (exact) mass is 354 g/mol. The van der Waals surface area contributed by atoms with Crippen LogP contribution >= 0.6 is 11.6 Å². The Morgan fingerprint density at radius 2 is 2.00 bits per heavy atom. The molecule has 0 saturated heterocycles. The van der Waals surface area contributed by atoms with Gasteiger partial charge in [0, 0.05) is 17.1 Å². The molecule has 25 heavy (non-hydrogen) atoms. The quantitative estimate of drug-likeness (QED) is 0.611. The molecule has 1 N–H and O–H groups in total. The topological polar surface area (TPSA) is 63.6 Å². The molecule has 0 radical (unpaired) electrons. The van der Waals surface area contributed by atoms with Crippen molar-refractivity contribution >= 4 is 22.8 Å². The van der Waals surface area contributed by atoms with Crippen LogP contribution in [0.1, 0.15) is 5.56 Å². The van der Waals surface area contributed by atoms with E-state index < -0.39 is 0 Å². The molecule has 4 aromatic rings. The number of benzene rings is 2. The first-order chi connectivity index (χ1) is 12.1. The predicted molar refractivity (Wildman–Crippen MR) is 94.1 cm³/mol. The standard InChI is InChI=1S/C18H12ClFN4O/c19-13-5-2-4-12(8-13)16-22-17-15(18(25)23-16)24(10-21-17)9-11-3-1-6-14(20)7-11/h1-8,10H,9H2,(H,22,23,25). The largest absolute Gasteiger partial charge is 0.320 e. The Balaban J connectivity index is 1.78. The second kappa shape index (κ2) is 6.14. The molecule has 0 aliphatic carbocycles. The van der Waals surface area contributed by atoms with Crippen LogP contribution in [-0.4, -0.2) is 19.5 Å². The van der Waals surface area contributed by atoms with E-state index in [9.17, 15) is 9.18 Å². The average molecular weight is 355 g/mol. The minimum Gasteiger partial charge on any atom is -0.320 e. The van der Waals surface area contributed by atoms with Crippen LogP contribution in [0, 0.1) is 5.82 Å². The number of nitrogens with zero attached hydrogens (tertiary/aromatic N) is 3. The molecule has 0 fully saturated rings. The summed E-state index contributed by atoms with van der Waals surface area (Å²) in [6, 6.07) is 13.3. The molecule has 0 amide bonds. The van der Waals surface area contributed by atoms with Crippen LogP contribution in [0.2, 0.25) is 5.02 Å². The normalized spacial score (nSPS) is 11.1. The maximum Gasteiger partial charge on any atom is 0.277 e. The molecule has 2 aromatic heterocycles. The van der Waals surface area contributed by atoms with Crippen LogP contribution in [-0.2, 0) is 6.54 Å². The zero-order valence-electron chi connectivity index (χ0n) is 12.9. The fourth-order valence-corrected chi connectivity index (χ4v) is 2.90. The number of fused-ring (bicyclic) bond motifs is 1. The molecule has 0 unspecified atom stereocenters. The number of rotatable bonds is 3. The molecule has 0 spiro atoms. The maximum atomic E-state index is 13.3. The van der Waals surface area contributed by atoms with Crippen molar-refractivity contribution in [1.82, 2.24) is 19.5 Å². The van der Waals surface area contributed by atoms with Gasteiger partial charge >= 0.3 is 0 Å². The van der Waals surface area contributed by atoms with Gasteiger partial charge in [-0.15, -0.1) is 0 Å². The van der Waals surface area contributed by atoms with Gasteiger partial charge in [0.25, 0.3) is 5.56 Å². The van der Waals surface area contributed by atoms with Crippen molar-refractivity contribution in [2.24, 2.45) is 0 Å². The lowest BCUT2D eigenvalue weighted by Crippen LogP contribution is -2.13. The Labute approximate surface area is 146 Å². The van der Waals surface area contributed by atoms with E-state index >= 15 is 0 Å². The van der Waals surface area contributed by atoms with E-state index in [1.165, 1.54) is 18.5 Å². The summed E-state index contributed by atoms with van der Waals surface area (Å²) in [5, 5.41) is 0.553. The molecule has 4 rings (SSSR count). The fourth-order valence-electron chi connectivity index (χ4n) is 2.71. The Kier molecular flexibility index (Phi) is 3.82. The van der Waals surface area contributed by atoms with E-state index in [1.54, 1.807) is 41.0 Å². The smallest absolute Gasteiger partial charge is 0.277 e. The van der Waals surface area contributed by atoms with Gasteiger partial charge in [0.1, 0.15) is 11.6 Å². The predicted octanol–water partition coefficient (Wildman–Crippen LogP) is 3.63. The molecule has 2 aromatic carbocycles. The Bertz CT molecular complexity index is 1140. The summed E-state index contributed by atoms with van der Waals surface area (Å²) in [5.41, 5.74) is 1.79. The highest BCUT2D eigenvalue weighted by molar-refractivity contribution is 6.30. The zero-order valence-corrected chi connectivity index (χ0v) is 13.7. The van der Waals surface area contributed by atoms with E-state index in [1.807, 2.05) is 0 Å². The van der Waals surface area contributed by atoms with Crippen molar-refractivity contribution in [3.63, 3.8) is 0 Å². The van der Waals surface area contributed by atoms with Gasteiger partial charge in [-0.25, -0.2) is 14.4 Å². The van der Waals surface area contributed by atoms with E-state index in [2.05, 4.69) is 15.0 Å². The van der Waals surface area contributed by atoms with Crippen LogP contribution in [0.3, 0.4) is 0 Å². The van der Waals surface area contributed by atoms with Gasteiger partial charge in [-0.3, -0.25) is 4.79 Å². The molecule has 0 atom stereocenters. The Morgan fingerprint density at radius 3 is 2.80 bits per heavy atom. The van der Waals surface area contributed by atoms with Crippen molar-refractivity contribution in [2.45, 2.75) is 6.54 Å². The van der Waals surface area contributed by atoms with Crippen LogP contribution in [0.25, 0.3) is 22.6 Å². The lowest BCUT2D eigenvalue weighted by molar-refractivity contribution is 0.624. The molecule has 0 bridgehead atoms. The molecule has 0 aliphatic rings. The first-order valence-corrected chi connectivity index (χ1v) is 7.93. The first-order valence-electron chi connectivity index (χ1n) is 7.56. The van der Waals surface area contributed by atoms with Crippen LogP contribution < -0.4 is 5.56 Å². The van der Waals surface area contributed by atoms with Crippen LogP contribution in [0.5, 0.6) is 0 Å². The summed E-state index contributed by atoms with van der Waals surface area (Å²) in [5.74, 6) is 0.0770. The summed E-state index contributed by atoms with van der Waals surface area (Å²) in [7, 11) is 0. The fraction of sp³-hybridized carbons (Fsp3) is 0.0556. The molecule has 5 nitrogen and oxygen atoms in total. The second-order valence-electron chi connectivity index (χ2n) is 5.60.